The molecule has 0 amide bonds. The molecule has 0 aromatic heterocycles. The summed E-state index contributed by atoms with van der Waals surface area (Å²) in [5, 5.41) is 16.2. The minimum absolute atomic E-state index is 0.166. The van der Waals surface area contributed by atoms with Crippen molar-refractivity contribution in [3.63, 3.8) is 0 Å². The summed E-state index contributed by atoms with van der Waals surface area (Å²) in [5.41, 5.74) is -1.56. The van der Waals surface area contributed by atoms with E-state index in [0.29, 0.717) is 6.42 Å². The van der Waals surface area contributed by atoms with Gasteiger partial charge in [-0.3, -0.25) is 4.79 Å². The Labute approximate surface area is 95.3 Å². The molecule has 0 bridgehead atoms. The lowest BCUT2D eigenvalue weighted by molar-refractivity contribution is -0.143. The van der Waals surface area contributed by atoms with Gasteiger partial charge in [0.15, 0.2) is 5.25 Å². The molecule has 2 unspecified atom stereocenters. The number of carboxylic acid groups (broad SMARTS) is 1. The van der Waals surface area contributed by atoms with Crippen molar-refractivity contribution in [2.24, 2.45) is 0 Å². The van der Waals surface area contributed by atoms with E-state index < -0.39 is 26.8 Å². The standard InChI is InChI=1S/C9H16N2O4S/c1-4-5-9(3,8(12)13)11-16(14,15)7(2)6-10/h7,11H,4-5H2,1-3H3,(H,12,13). The van der Waals surface area contributed by atoms with E-state index in [1.807, 2.05) is 0 Å². The van der Waals surface area contributed by atoms with E-state index in [0.717, 1.165) is 0 Å². The van der Waals surface area contributed by atoms with Gasteiger partial charge in [-0.05, 0) is 20.3 Å². The van der Waals surface area contributed by atoms with Gasteiger partial charge in [0.25, 0.3) is 0 Å². The summed E-state index contributed by atoms with van der Waals surface area (Å²) in [7, 11) is -3.93. The molecule has 7 heteroatoms. The zero-order valence-corrected chi connectivity index (χ0v) is 10.3. The van der Waals surface area contributed by atoms with Gasteiger partial charge in [-0.1, -0.05) is 13.3 Å². The first-order valence-corrected chi connectivity index (χ1v) is 6.40. The molecule has 0 saturated carbocycles. The SMILES string of the molecule is CCCC(C)(NS(=O)(=O)C(C)C#N)C(=O)O. The van der Waals surface area contributed by atoms with Crippen LogP contribution < -0.4 is 4.72 Å². The minimum Gasteiger partial charge on any atom is -0.480 e. The smallest absolute Gasteiger partial charge is 0.324 e. The summed E-state index contributed by atoms with van der Waals surface area (Å²) in [6, 6.07) is 1.57. The average Bonchev–Trinajstić information content (AvgIpc) is 2.15. The highest BCUT2D eigenvalue weighted by Gasteiger charge is 2.38. The molecule has 2 atom stereocenters. The van der Waals surface area contributed by atoms with Crippen LogP contribution in [0.15, 0.2) is 0 Å². The van der Waals surface area contributed by atoms with Gasteiger partial charge < -0.3 is 5.11 Å². The second-order valence-electron chi connectivity index (χ2n) is 3.81. The third kappa shape index (κ3) is 3.47. The maximum absolute atomic E-state index is 11.6. The van der Waals surface area contributed by atoms with Gasteiger partial charge in [-0.25, -0.2) is 8.42 Å². The van der Waals surface area contributed by atoms with E-state index >= 15 is 0 Å². The number of rotatable bonds is 6. The quantitative estimate of drug-likeness (QED) is 0.710. The second-order valence-corrected chi connectivity index (χ2v) is 5.81. The van der Waals surface area contributed by atoms with Gasteiger partial charge in [-0.2, -0.15) is 9.98 Å². The first-order valence-electron chi connectivity index (χ1n) is 4.85. The highest BCUT2D eigenvalue weighted by atomic mass is 32.2. The minimum atomic E-state index is -3.93. The number of sulfonamides is 1. The highest BCUT2D eigenvalue weighted by Crippen LogP contribution is 2.15. The predicted octanol–water partition coefficient (Wildman–Crippen LogP) is 0.461. The molecule has 0 aliphatic heterocycles. The number of nitrogens with zero attached hydrogens (tertiary/aromatic N) is 1. The Hall–Kier alpha value is -1.13. The van der Waals surface area contributed by atoms with Gasteiger partial charge >= 0.3 is 5.97 Å². The van der Waals surface area contributed by atoms with Crippen LogP contribution in [0.5, 0.6) is 0 Å². The molecule has 2 N–H and O–H groups in total. The maximum atomic E-state index is 11.6. The van der Waals surface area contributed by atoms with Crippen molar-refractivity contribution in [3.8, 4) is 6.07 Å². The lowest BCUT2D eigenvalue weighted by Crippen LogP contribution is -2.53. The monoisotopic (exact) mass is 248 g/mol. The third-order valence-electron chi connectivity index (χ3n) is 2.24. The van der Waals surface area contributed by atoms with E-state index in [1.165, 1.54) is 13.8 Å². The molecule has 0 aromatic rings. The van der Waals surface area contributed by atoms with Crippen molar-refractivity contribution in [3.05, 3.63) is 0 Å². The number of nitriles is 1. The van der Waals surface area contributed by atoms with Crippen molar-refractivity contribution >= 4 is 16.0 Å². The number of nitrogens with one attached hydrogen (secondary N) is 1. The van der Waals surface area contributed by atoms with Crippen LogP contribution >= 0.6 is 0 Å². The Morgan fingerprint density at radius 3 is 2.44 bits per heavy atom. The number of hydrogen-bond acceptors (Lipinski definition) is 4. The summed E-state index contributed by atoms with van der Waals surface area (Å²) < 4.78 is 25.2. The predicted molar refractivity (Wildman–Crippen MR) is 58.1 cm³/mol. The van der Waals surface area contributed by atoms with E-state index in [1.54, 1.807) is 13.0 Å². The maximum Gasteiger partial charge on any atom is 0.324 e. The Balaban J connectivity index is 5.07. The molecule has 0 spiro atoms. The van der Waals surface area contributed by atoms with E-state index in [2.05, 4.69) is 4.72 Å². The molecule has 0 fully saturated rings. The first-order chi connectivity index (χ1) is 7.19. The lowest BCUT2D eigenvalue weighted by atomic mass is 9.98. The molecule has 0 aliphatic carbocycles. The topological polar surface area (TPSA) is 107 Å². The molecule has 0 saturated heterocycles. The van der Waals surface area contributed by atoms with Crippen LogP contribution in [0, 0.1) is 11.3 Å². The summed E-state index contributed by atoms with van der Waals surface area (Å²) in [6.45, 7) is 4.25. The van der Waals surface area contributed by atoms with Crippen LogP contribution in [0.1, 0.15) is 33.6 Å². The van der Waals surface area contributed by atoms with E-state index in [9.17, 15) is 13.2 Å². The van der Waals surface area contributed by atoms with Gasteiger partial charge in [-0.15, -0.1) is 0 Å². The van der Waals surface area contributed by atoms with Crippen molar-refractivity contribution in [2.75, 3.05) is 0 Å². The third-order valence-corrected chi connectivity index (χ3v) is 4.01. The molecule has 0 heterocycles. The van der Waals surface area contributed by atoms with Gasteiger partial charge in [0.1, 0.15) is 5.54 Å². The van der Waals surface area contributed by atoms with Crippen LogP contribution in [0.25, 0.3) is 0 Å². The number of carboxylic acids is 1. The number of aliphatic carboxylic acids is 1. The van der Waals surface area contributed by atoms with E-state index in [4.69, 9.17) is 10.4 Å². The van der Waals surface area contributed by atoms with Crippen molar-refractivity contribution in [1.29, 1.82) is 5.26 Å². The molecule has 0 aromatic carbocycles. The van der Waals surface area contributed by atoms with Crippen LogP contribution in [0.4, 0.5) is 0 Å². The molecule has 92 valence electrons. The van der Waals surface area contributed by atoms with Crippen LogP contribution in [0.3, 0.4) is 0 Å². The molecule has 6 nitrogen and oxygen atoms in total. The van der Waals surface area contributed by atoms with Crippen LogP contribution in [0.2, 0.25) is 0 Å². The molecular weight excluding hydrogens is 232 g/mol. The fourth-order valence-corrected chi connectivity index (χ4v) is 2.31. The van der Waals surface area contributed by atoms with Crippen LogP contribution in [-0.2, 0) is 14.8 Å². The first kappa shape index (κ1) is 14.9. The molecule has 0 radical (unpaired) electrons. The van der Waals surface area contributed by atoms with Crippen LogP contribution in [-0.4, -0.2) is 30.3 Å². The molecule has 0 rings (SSSR count). The zero-order chi connectivity index (χ0) is 13.0. The van der Waals surface area contributed by atoms with E-state index in [-0.39, 0.29) is 6.42 Å². The Kier molecular flexibility index (Phi) is 4.90. The fourth-order valence-electron chi connectivity index (χ4n) is 1.17. The summed E-state index contributed by atoms with van der Waals surface area (Å²) in [4.78, 5) is 11.0. The average molecular weight is 248 g/mol. The van der Waals surface area contributed by atoms with Gasteiger partial charge in [0.2, 0.25) is 10.0 Å². The number of carbonyl (C=O) groups is 1. The van der Waals surface area contributed by atoms with Crippen molar-refractivity contribution < 1.29 is 18.3 Å². The summed E-state index contributed by atoms with van der Waals surface area (Å²) in [6.07, 6.45) is 0.686. The molecular formula is C9H16N2O4S. The van der Waals surface area contributed by atoms with Gasteiger partial charge in [0, 0.05) is 0 Å². The highest BCUT2D eigenvalue weighted by molar-refractivity contribution is 7.90. The fraction of sp³-hybridized carbons (Fsp3) is 0.778. The largest absolute Gasteiger partial charge is 0.480 e. The number of hydrogen-bond donors (Lipinski definition) is 2. The van der Waals surface area contributed by atoms with Gasteiger partial charge in [0.05, 0.1) is 6.07 Å². The molecule has 0 aliphatic rings. The second kappa shape index (κ2) is 5.27. The zero-order valence-electron chi connectivity index (χ0n) is 9.52. The summed E-state index contributed by atoms with van der Waals surface area (Å²) >= 11 is 0. The van der Waals surface area contributed by atoms with Crippen molar-refractivity contribution in [1.82, 2.24) is 4.72 Å². The Morgan fingerprint density at radius 2 is 2.12 bits per heavy atom. The Bertz CT molecular complexity index is 398. The molecule has 16 heavy (non-hydrogen) atoms. The Morgan fingerprint density at radius 1 is 1.62 bits per heavy atom. The normalized spacial score (nSPS) is 17.1. The lowest BCUT2D eigenvalue weighted by Gasteiger charge is -2.25. The van der Waals surface area contributed by atoms with Crippen molar-refractivity contribution in [2.45, 2.75) is 44.4 Å². The summed E-state index contributed by atoms with van der Waals surface area (Å²) in [5.74, 6) is -1.25.